The Morgan fingerprint density at radius 2 is 2.03 bits per heavy atom. The number of rotatable bonds is 7. The molecule has 0 radical (unpaired) electrons. The van der Waals surface area contributed by atoms with Gasteiger partial charge in [0, 0.05) is 17.6 Å². The van der Waals surface area contributed by atoms with Gasteiger partial charge in [-0.05, 0) is 84.0 Å². The third-order valence-corrected chi connectivity index (χ3v) is 7.38. The predicted molar refractivity (Wildman–Crippen MR) is 138 cm³/mol. The van der Waals surface area contributed by atoms with Crippen molar-refractivity contribution in [2.24, 2.45) is 4.99 Å². The van der Waals surface area contributed by atoms with Crippen molar-refractivity contribution in [2.75, 3.05) is 6.61 Å². The maximum absolute atomic E-state index is 13.2. The van der Waals surface area contributed by atoms with Crippen LogP contribution in [0.1, 0.15) is 51.7 Å². The van der Waals surface area contributed by atoms with E-state index >= 15 is 0 Å². The van der Waals surface area contributed by atoms with Crippen LogP contribution in [-0.2, 0) is 19.4 Å². The summed E-state index contributed by atoms with van der Waals surface area (Å²) in [7, 11) is 0. The normalized spacial score (nSPS) is 13.2. The van der Waals surface area contributed by atoms with Crippen molar-refractivity contribution in [3.63, 3.8) is 0 Å². The lowest BCUT2D eigenvalue weighted by Gasteiger charge is -2.13. The highest BCUT2D eigenvalue weighted by atomic mass is 127. The minimum atomic E-state index is -0.0734. The lowest BCUT2D eigenvalue weighted by atomic mass is 9.95. The van der Waals surface area contributed by atoms with Gasteiger partial charge in [0.25, 0.3) is 5.91 Å². The molecule has 166 valence electrons. The standard InChI is InChI=1S/C25H25IN2O3S/c1-2-31-20-13-17(12-19(26)23(20)29)15-28-25-22(18-10-6-7-11-21(18)32-25)24(30)27-14-16-8-4-3-5-9-16/h3-5,8-9,12-13,15,29H,2,6-7,10-11,14H2,1H3,(H,27,30)/b28-15+. The number of aliphatic imine (C=N–C) groups is 1. The molecule has 1 aliphatic carbocycles. The third-order valence-electron chi connectivity index (χ3n) is 5.36. The quantitative estimate of drug-likeness (QED) is 0.275. The van der Waals surface area contributed by atoms with E-state index in [9.17, 15) is 9.90 Å². The molecule has 1 amide bonds. The van der Waals surface area contributed by atoms with E-state index in [1.165, 1.54) is 4.88 Å². The molecule has 1 heterocycles. The molecule has 0 atom stereocenters. The Labute approximate surface area is 205 Å². The first-order valence-electron chi connectivity index (χ1n) is 10.7. The van der Waals surface area contributed by atoms with E-state index < -0.39 is 0 Å². The van der Waals surface area contributed by atoms with Gasteiger partial charge in [-0.2, -0.15) is 0 Å². The van der Waals surface area contributed by atoms with Gasteiger partial charge < -0.3 is 15.2 Å². The summed E-state index contributed by atoms with van der Waals surface area (Å²) in [5.41, 5.74) is 3.74. The summed E-state index contributed by atoms with van der Waals surface area (Å²) in [4.78, 5) is 19.2. The number of ether oxygens (including phenoxy) is 1. The molecule has 0 bridgehead atoms. The highest BCUT2D eigenvalue weighted by Crippen LogP contribution is 2.40. The molecule has 1 aromatic heterocycles. The summed E-state index contributed by atoms with van der Waals surface area (Å²) in [6, 6.07) is 13.5. The molecule has 0 fully saturated rings. The highest BCUT2D eigenvalue weighted by Gasteiger charge is 2.25. The van der Waals surface area contributed by atoms with Crippen molar-refractivity contribution < 1.29 is 14.6 Å². The zero-order valence-corrected chi connectivity index (χ0v) is 20.8. The molecule has 4 rings (SSSR count). The third kappa shape index (κ3) is 5.15. The number of amides is 1. The fourth-order valence-electron chi connectivity index (χ4n) is 3.81. The highest BCUT2D eigenvalue weighted by molar-refractivity contribution is 14.1. The first-order valence-corrected chi connectivity index (χ1v) is 12.6. The van der Waals surface area contributed by atoms with Gasteiger partial charge in [-0.1, -0.05) is 30.3 Å². The fourth-order valence-corrected chi connectivity index (χ4v) is 5.67. The number of fused-ring (bicyclic) bond motifs is 1. The van der Waals surface area contributed by atoms with E-state index in [1.807, 2.05) is 43.3 Å². The van der Waals surface area contributed by atoms with Crippen LogP contribution in [0.4, 0.5) is 5.00 Å². The molecule has 0 saturated heterocycles. The second kappa shape index (κ2) is 10.5. The van der Waals surface area contributed by atoms with Gasteiger partial charge >= 0.3 is 0 Å². The number of aromatic hydroxyl groups is 1. The summed E-state index contributed by atoms with van der Waals surface area (Å²) in [5.74, 6) is 0.500. The van der Waals surface area contributed by atoms with Gasteiger partial charge in [0.2, 0.25) is 0 Å². The average Bonchev–Trinajstić information content (AvgIpc) is 3.18. The fraction of sp³-hybridized carbons (Fsp3) is 0.280. The SMILES string of the molecule is CCOc1cc(/C=N/c2sc3c(c2C(=O)NCc2ccccc2)CCCC3)cc(I)c1O. The van der Waals surface area contributed by atoms with Gasteiger partial charge in [0.15, 0.2) is 11.5 Å². The van der Waals surface area contributed by atoms with Crippen molar-refractivity contribution in [3.05, 3.63) is 73.2 Å². The lowest BCUT2D eigenvalue weighted by Crippen LogP contribution is -2.24. The monoisotopic (exact) mass is 560 g/mol. The summed E-state index contributed by atoms with van der Waals surface area (Å²) in [5, 5.41) is 14.0. The first kappa shape index (κ1) is 22.8. The number of phenols is 1. The number of hydrogen-bond donors (Lipinski definition) is 2. The molecule has 1 aliphatic rings. The van der Waals surface area contributed by atoms with Crippen molar-refractivity contribution in [1.29, 1.82) is 0 Å². The van der Waals surface area contributed by atoms with Gasteiger partial charge in [-0.3, -0.25) is 4.79 Å². The van der Waals surface area contributed by atoms with Gasteiger partial charge in [0.1, 0.15) is 5.00 Å². The number of nitrogens with one attached hydrogen (secondary N) is 1. The second-order valence-electron chi connectivity index (χ2n) is 7.60. The van der Waals surface area contributed by atoms with Crippen LogP contribution in [0.5, 0.6) is 11.5 Å². The Balaban J connectivity index is 1.63. The number of benzene rings is 2. The topological polar surface area (TPSA) is 70.9 Å². The summed E-state index contributed by atoms with van der Waals surface area (Å²) in [6.07, 6.45) is 5.91. The first-order chi connectivity index (χ1) is 15.6. The Bertz CT molecular complexity index is 1140. The smallest absolute Gasteiger partial charge is 0.254 e. The minimum absolute atomic E-state index is 0.0734. The van der Waals surface area contributed by atoms with E-state index in [2.05, 4.69) is 27.9 Å². The Morgan fingerprint density at radius 1 is 1.25 bits per heavy atom. The molecule has 0 spiro atoms. The number of carbonyl (C=O) groups excluding carboxylic acids is 1. The van der Waals surface area contributed by atoms with E-state index in [0.29, 0.717) is 28.0 Å². The summed E-state index contributed by atoms with van der Waals surface area (Å²) >= 11 is 3.69. The van der Waals surface area contributed by atoms with Crippen LogP contribution in [0.15, 0.2) is 47.5 Å². The molecular weight excluding hydrogens is 535 g/mol. The van der Waals surface area contributed by atoms with E-state index in [0.717, 1.165) is 47.4 Å². The maximum atomic E-state index is 13.2. The van der Waals surface area contributed by atoms with E-state index in [1.54, 1.807) is 23.6 Å². The van der Waals surface area contributed by atoms with E-state index in [4.69, 9.17) is 9.73 Å². The van der Waals surface area contributed by atoms with Gasteiger partial charge in [-0.25, -0.2) is 4.99 Å². The zero-order valence-electron chi connectivity index (χ0n) is 17.9. The molecule has 2 aromatic carbocycles. The Kier molecular flexibility index (Phi) is 7.47. The predicted octanol–water partition coefficient (Wildman–Crippen LogP) is 6.02. The maximum Gasteiger partial charge on any atom is 0.254 e. The molecule has 32 heavy (non-hydrogen) atoms. The van der Waals surface area contributed by atoms with Crippen molar-refractivity contribution in [1.82, 2.24) is 5.32 Å². The van der Waals surface area contributed by atoms with Gasteiger partial charge in [-0.15, -0.1) is 11.3 Å². The van der Waals surface area contributed by atoms with Crippen LogP contribution < -0.4 is 10.1 Å². The van der Waals surface area contributed by atoms with Crippen LogP contribution in [0.3, 0.4) is 0 Å². The number of aryl methyl sites for hydroxylation is 1. The Morgan fingerprint density at radius 3 is 2.81 bits per heavy atom. The number of halogens is 1. The number of thiophene rings is 1. The lowest BCUT2D eigenvalue weighted by molar-refractivity contribution is 0.0951. The van der Waals surface area contributed by atoms with Gasteiger partial charge in [0.05, 0.1) is 15.7 Å². The molecule has 7 heteroatoms. The molecule has 0 saturated carbocycles. The van der Waals surface area contributed by atoms with Crippen LogP contribution >= 0.6 is 33.9 Å². The average molecular weight is 560 g/mol. The molecule has 3 aromatic rings. The number of nitrogens with zero attached hydrogens (tertiary/aromatic N) is 1. The zero-order chi connectivity index (χ0) is 22.5. The molecule has 0 aliphatic heterocycles. The van der Waals surface area contributed by atoms with Crippen molar-refractivity contribution >= 4 is 51.1 Å². The number of carbonyl (C=O) groups is 1. The minimum Gasteiger partial charge on any atom is -0.504 e. The van der Waals surface area contributed by atoms with E-state index in [-0.39, 0.29) is 11.7 Å². The van der Waals surface area contributed by atoms with Crippen LogP contribution in [0.2, 0.25) is 0 Å². The summed E-state index contributed by atoms with van der Waals surface area (Å²) in [6.45, 7) is 2.83. The second-order valence-corrected chi connectivity index (χ2v) is 9.85. The molecule has 0 unspecified atom stereocenters. The number of hydrogen-bond acceptors (Lipinski definition) is 5. The number of phenolic OH excluding ortho intramolecular Hbond substituents is 1. The van der Waals surface area contributed by atoms with Crippen molar-refractivity contribution in [2.45, 2.75) is 39.2 Å². The molecule has 2 N–H and O–H groups in total. The van der Waals surface area contributed by atoms with Crippen LogP contribution in [0.25, 0.3) is 0 Å². The van der Waals surface area contributed by atoms with Crippen molar-refractivity contribution in [3.8, 4) is 11.5 Å². The largest absolute Gasteiger partial charge is 0.504 e. The molecule has 5 nitrogen and oxygen atoms in total. The molecular formula is C25H25IN2O3S. The summed E-state index contributed by atoms with van der Waals surface area (Å²) < 4.78 is 6.23. The van der Waals surface area contributed by atoms with Crippen LogP contribution in [0, 0.1) is 3.57 Å². The van der Waals surface area contributed by atoms with Crippen LogP contribution in [-0.4, -0.2) is 23.8 Å². The Hall–Kier alpha value is -2.39.